The van der Waals surface area contributed by atoms with Crippen LogP contribution < -0.4 is 10.6 Å². The molecule has 7 nitrogen and oxygen atoms in total. The van der Waals surface area contributed by atoms with E-state index in [1.54, 1.807) is 18.2 Å². The first-order chi connectivity index (χ1) is 14.0. The van der Waals surface area contributed by atoms with Crippen LogP contribution in [0.5, 0.6) is 0 Å². The average molecular weight is 390 g/mol. The maximum Gasteiger partial charge on any atom is 0.337 e. The zero-order valence-corrected chi connectivity index (χ0v) is 16.5. The summed E-state index contributed by atoms with van der Waals surface area (Å²) >= 11 is 0. The molecule has 0 aliphatic carbocycles. The zero-order chi connectivity index (χ0) is 20.8. The van der Waals surface area contributed by atoms with Gasteiger partial charge in [0.2, 0.25) is 0 Å². The minimum atomic E-state index is -0.474. The summed E-state index contributed by atoms with van der Waals surface area (Å²) in [5.74, 6) is 0.00597. The summed E-state index contributed by atoms with van der Waals surface area (Å²) < 4.78 is 4.68. The van der Waals surface area contributed by atoms with E-state index in [1.807, 2.05) is 18.2 Å². The van der Waals surface area contributed by atoms with Crippen LogP contribution in [-0.2, 0) is 4.74 Å². The number of carbonyl (C=O) groups is 2. The number of hydrogen-bond donors (Lipinski definition) is 2. The molecule has 3 aromatic rings. The Kier molecular flexibility index (Phi) is 6.19. The van der Waals surface area contributed by atoms with Gasteiger partial charge in [0.1, 0.15) is 11.5 Å². The smallest absolute Gasteiger partial charge is 0.337 e. The summed E-state index contributed by atoms with van der Waals surface area (Å²) in [6.45, 7) is 4.24. The lowest BCUT2D eigenvalue weighted by Crippen LogP contribution is -2.15. The maximum absolute atomic E-state index is 12.4. The molecule has 0 radical (unpaired) electrons. The number of carbonyl (C=O) groups excluding carboxylic acids is 2. The molecule has 0 saturated carbocycles. The number of benzene rings is 2. The van der Waals surface area contributed by atoms with E-state index in [0.717, 1.165) is 5.69 Å². The fraction of sp³-hybridized carbons (Fsp3) is 0.182. The fourth-order valence-electron chi connectivity index (χ4n) is 2.80. The number of hydrogen-bond acceptors (Lipinski definition) is 6. The van der Waals surface area contributed by atoms with Gasteiger partial charge in [-0.3, -0.25) is 4.79 Å². The van der Waals surface area contributed by atoms with Gasteiger partial charge in [-0.2, -0.15) is 0 Å². The summed E-state index contributed by atoms with van der Waals surface area (Å²) in [6.07, 6.45) is 2.91. The van der Waals surface area contributed by atoms with Crippen molar-refractivity contribution < 1.29 is 14.3 Å². The highest BCUT2D eigenvalue weighted by Crippen LogP contribution is 2.25. The normalized spacial score (nSPS) is 10.5. The van der Waals surface area contributed by atoms with Crippen molar-refractivity contribution in [2.45, 2.75) is 19.8 Å². The van der Waals surface area contributed by atoms with Crippen LogP contribution in [0.25, 0.3) is 0 Å². The van der Waals surface area contributed by atoms with Gasteiger partial charge >= 0.3 is 5.97 Å². The van der Waals surface area contributed by atoms with Crippen LogP contribution in [0.4, 0.5) is 17.2 Å². The Balaban J connectivity index is 1.70. The topological polar surface area (TPSA) is 93.2 Å². The number of anilines is 3. The van der Waals surface area contributed by atoms with Gasteiger partial charge in [-0.15, -0.1) is 0 Å². The van der Waals surface area contributed by atoms with E-state index in [9.17, 15) is 9.59 Å². The molecular weight excluding hydrogens is 368 g/mol. The Labute approximate surface area is 169 Å². The number of nitrogens with one attached hydrogen (secondary N) is 2. The predicted octanol–water partition coefficient (Wildman–Crippen LogP) is 4.38. The summed E-state index contributed by atoms with van der Waals surface area (Å²) in [7, 11) is 1.30. The third-order valence-corrected chi connectivity index (χ3v) is 4.27. The van der Waals surface area contributed by atoms with Crippen molar-refractivity contribution in [3.05, 3.63) is 77.7 Å². The summed E-state index contributed by atoms with van der Waals surface area (Å²) in [5, 5.41) is 5.94. The first-order valence-electron chi connectivity index (χ1n) is 9.15. The molecule has 0 aliphatic rings. The van der Waals surface area contributed by atoms with E-state index in [1.165, 1.54) is 31.1 Å². The van der Waals surface area contributed by atoms with Gasteiger partial charge in [0.05, 0.1) is 25.1 Å². The Morgan fingerprint density at radius 2 is 1.79 bits per heavy atom. The summed E-state index contributed by atoms with van der Waals surface area (Å²) in [4.78, 5) is 32.5. The van der Waals surface area contributed by atoms with Crippen molar-refractivity contribution in [3.8, 4) is 0 Å². The number of ether oxygens (including phenoxy) is 1. The van der Waals surface area contributed by atoms with Crippen molar-refractivity contribution in [2.24, 2.45) is 0 Å². The van der Waals surface area contributed by atoms with Gasteiger partial charge in [-0.1, -0.05) is 38.1 Å². The highest BCUT2D eigenvalue weighted by Gasteiger charge is 2.12. The van der Waals surface area contributed by atoms with E-state index in [2.05, 4.69) is 45.3 Å². The van der Waals surface area contributed by atoms with Crippen molar-refractivity contribution in [1.29, 1.82) is 0 Å². The molecule has 148 valence electrons. The lowest BCUT2D eigenvalue weighted by Gasteiger charge is -2.14. The highest BCUT2D eigenvalue weighted by molar-refractivity contribution is 6.03. The van der Waals surface area contributed by atoms with Gasteiger partial charge < -0.3 is 15.4 Å². The molecule has 1 aromatic heterocycles. The third-order valence-electron chi connectivity index (χ3n) is 4.27. The minimum absolute atomic E-state index is 0.163. The molecule has 2 aromatic carbocycles. The largest absolute Gasteiger partial charge is 0.465 e. The number of methoxy groups -OCH3 is 1. The molecular formula is C22H22N4O3. The van der Waals surface area contributed by atoms with Gasteiger partial charge in [0.25, 0.3) is 5.91 Å². The molecule has 0 unspecified atom stereocenters. The average Bonchev–Trinajstić information content (AvgIpc) is 2.74. The number of aromatic nitrogens is 2. The van der Waals surface area contributed by atoms with E-state index in [-0.39, 0.29) is 5.69 Å². The molecule has 0 aliphatic heterocycles. The summed E-state index contributed by atoms with van der Waals surface area (Å²) in [6, 6.07) is 14.5. The van der Waals surface area contributed by atoms with Crippen molar-refractivity contribution in [2.75, 3.05) is 17.7 Å². The molecule has 7 heteroatoms. The zero-order valence-electron chi connectivity index (χ0n) is 16.5. The highest BCUT2D eigenvalue weighted by atomic mass is 16.5. The minimum Gasteiger partial charge on any atom is -0.465 e. The predicted molar refractivity (Wildman–Crippen MR) is 112 cm³/mol. The lowest BCUT2D eigenvalue weighted by atomic mass is 10.0. The maximum atomic E-state index is 12.4. The van der Waals surface area contributed by atoms with Crippen molar-refractivity contribution in [1.82, 2.24) is 9.97 Å². The van der Waals surface area contributed by atoms with E-state index in [0.29, 0.717) is 23.0 Å². The van der Waals surface area contributed by atoms with Crippen molar-refractivity contribution >= 4 is 29.1 Å². The Bertz CT molecular complexity index is 1020. The standard InChI is InChI=1S/C22H22N4O3/c1-14(2)17-9-4-5-10-18(17)26-20-13-23-19(12-24-20)21(27)25-16-8-6-7-15(11-16)22(28)29-3/h4-14H,1-3H3,(H,24,26)(H,25,27). The lowest BCUT2D eigenvalue weighted by molar-refractivity contribution is 0.0600. The fourth-order valence-corrected chi connectivity index (χ4v) is 2.80. The van der Waals surface area contributed by atoms with E-state index in [4.69, 9.17) is 0 Å². The second kappa shape index (κ2) is 8.97. The number of nitrogens with zero attached hydrogens (tertiary/aromatic N) is 2. The molecule has 0 bridgehead atoms. The van der Waals surface area contributed by atoms with Gasteiger partial charge in [-0.25, -0.2) is 14.8 Å². The first-order valence-corrected chi connectivity index (χ1v) is 9.15. The monoisotopic (exact) mass is 390 g/mol. The SMILES string of the molecule is COC(=O)c1cccc(NC(=O)c2cnc(Nc3ccccc3C(C)C)cn2)c1. The van der Waals surface area contributed by atoms with Crippen LogP contribution in [0.2, 0.25) is 0 Å². The molecule has 0 atom stereocenters. The first kappa shape index (κ1) is 20.0. The number of esters is 1. The van der Waals surface area contributed by atoms with Crippen LogP contribution in [0, 0.1) is 0 Å². The second-order valence-corrected chi connectivity index (χ2v) is 6.68. The van der Waals surface area contributed by atoms with Gasteiger partial charge in [-0.05, 0) is 35.7 Å². The second-order valence-electron chi connectivity index (χ2n) is 6.68. The summed E-state index contributed by atoms with van der Waals surface area (Å²) in [5.41, 5.74) is 3.10. The number of rotatable bonds is 6. The molecule has 0 saturated heterocycles. The Morgan fingerprint density at radius 3 is 2.48 bits per heavy atom. The van der Waals surface area contributed by atoms with Gasteiger partial charge in [0, 0.05) is 11.4 Å². The van der Waals surface area contributed by atoms with Crippen molar-refractivity contribution in [3.63, 3.8) is 0 Å². The quantitative estimate of drug-likeness (QED) is 0.607. The van der Waals surface area contributed by atoms with Gasteiger partial charge in [0.15, 0.2) is 0 Å². The van der Waals surface area contributed by atoms with Crippen LogP contribution >= 0.6 is 0 Å². The van der Waals surface area contributed by atoms with E-state index >= 15 is 0 Å². The van der Waals surface area contributed by atoms with Crippen LogP contribution in [0.15, 0.2) is 60.9 Å². The molecule has 2 N–H and O–H groups in total. The Morgan fingerprint density at radius 1 is 1.00 bits per heavy atom. The third kappa shape index (κ3) is 4.95. The molecule has 1 amide bonds. The Hall–Kier alpha value is -3.74. The molecule has 29 heavy (non-hydrogen) atoms. The molecule has 0 spiro atoms. The van der Waals surface area contributed by atoms with Crippen LogP contribution in [0.3, 0.4) is 0 Å². The number of amides is 1. The molecule has 1 heterocycles. The number of para-hydroxylation sites is 1. The van der Waals surface area contributed by atoms with Crippen LogP contribution in [0.1, 0.15) is 46.2 Å². The molecule has 0 fully saturated rings. The van der Waals surface area contributed by atoms with E-state index < -0.39 is 11.9 Å². The van der Waals surface area contributed by atoms with Crippen LogP contribution in [-0.4, -0.2) is 29.0 Å². The molecule has 3 rings (SSSR count).